The lowest BCUT2D eigenvalue weighted by Crippen LogP contribution is -2.48. The van der Waals surface area contributed by atoms with Crippen molar-refractivity contribution in [3.63, 3.8) is 0 Å². The number of amides is 1. The van der Waals surface area contributed by atoms with Crippen molar-refractivity contribution in [2.75, 3.05) is 31.1 Å². The van der Waals surface area contributed by atoms with Gasteiger partial charge in [0.15, 0.2) is 0 Å². The van der Waals surface area contributed by atoms with Crippen LogP contribution < -0.4 is 10.5 Å². The molecule has 10 heteroatoms. The average Bonchev–Trinajstić information content (AvgIpc) is 3.11. The van der Waals surface area contributed by atoms with Crippen molar-refractivity contribution in [2.45, 2.75) is 20.4 Å². The summed E-state index contributed by atoms with van der Waals surface area (Å²) in [5.41, 5.74) is 1.54. The van der Waals surface area contributed by atoms with Gasteiger partial charge >= 0.3 is 0 Å². The van der Waals surface area contributed by atoms with Gasteiger partial charge in [-0.05, 0) is 31.5 Å². The molecule has 3 aromatic rings. The van der Waals surface area contributed by atoms with Crippen LogP contribution >= 0.6 is 11.3 Å². The highest BCUT2D eigenvalue weighted by atomic mass is 32.1. The topological polar surface area (TPSA) is 102 Å². The summed E-state index contributed by atoms with van der Waals surface area (Å²) in [6.07, 6.45) is 1.53. The Morgan fingerprint density at radius 2 is 1.87 bits per heavy atom. The molecule has 0 radical (unpaired) electrons. The molecular formula is C20H21N5O4S. The summed E-state index contributed by atoms with van der Waals surface area (Å²) < 4.78 is 1.54. The lowest BCUT2D eigenvalue weighted by molar-refractivity contribution is -0.384. The first-order valence-corrected chi connectivity index (χ1v) is 10.5. The third-order valence-electron chi connectivity index (χ3n) is 5.44. The van der Waals surface area contributed by atoms with E-state index in [2.05, 4.69) is 9.88 Å². The largest absolute Gasteiger partial charge is 0.368 e. The molecule has 0 N–H and O–H groups in total. The second kappa shape index (κ2) is 7.86. The molecule has 0 atom stereocenters. The Kier molecular flexibility index (Phi) is 5.25. The van der Waals surface area contributed by atoms with Crippen LogP contribution in [0.1, 0.15) is 22.2 Å². The van der Waals surface area contributed by atoms with Crippen LogP contribution in [0.4, 0.5) is 11.4 Å². The SMILES string of the molecule is CCn1cnc2sc(C(=O)N3CCN(c4ccc([N+](=O)[O-])cc4)CC3)c(C)c2c1=O. The molecule has 1 amide bonds. The van der Waals surface area contributed by atoms with Crippen LogP contribution in [0.25, 0.3) is 10.2 Å². The summed E-state index contributed by atoms with van der Waals surface area (Å²) >= 11 is 1.27. The summed E-state index contributed by atoms with van der Waals surface area (Å²) in [6, 6.07) is 6.44. The van der Waals surface area contributed by atoms with E-state index in [-0.39, 0.29) is 17.2 Å². The molecule has 0 unspecified atom stereocenters. The zero-order valence-corrected chi connectivity index (χ0v) is 17.5. The number of fused-ring (bicyclic) bond motifs is 1. The maximum atomic E-state index is 13.1. The van der Waals surface area contributed by atoms with Crippen molar-refractivity contribution in [1.82, 2.24) is 14.5 Å². The van der Waals surface area contributed by atoms with E-state index in [0.29, 0.717) is 53.4 Å². The number of thiophene rings is 1. The molecule has 1 aliphatic heterocycles. The second-order valence-electron chi connectivity index (χ2n) is 7.12. The van der Waals surface area contributed by atoms with Crippen LogP contribution in [-0.2, 0) is 6.54 Å². The first-order valence-electron chi connectivity index (χ1n) is 9.68. The number of hydrogen-bond donors (Lipinski definition) is 0. The first kappa shape index (κ1) is 20.0. The van der Waals surface area contributed by atoms with Gasteiger partial charge in [0, 0.05) is 50.5 Å². The van der Waals surface area contributed by atoms with Crippen molar-refractivity contribution >= 4 is 38.8 Å². The quantitative estimate of drug-likeness (QED) is 0.469. The number of carbonyl (C=O) groups excluding carboxylic acids is 1. The maximum absolute atomic E-state index is 13.1. The van der Waals surface area contributed by atoms with Crippen molar-refractivity contribution in [3.8, 4) is 0 Å². The number of carbonyl (C=O) groups is 1. The van der Waals surface area contributed by atoms with Crippen LogP contribution in [0.2, 0.25) is 0 Å². The van der Waals surface area contributed by atoms with Crippen LogP contribution in [0, 0.1) is 17.0 Å². The zero-order chi connectivity index (χ0) is 21.4. The van der Waals surface area contributed by atoms with Gasteiger partial charge in [0.2, 0.25) is 0 Å². The van der Waals surface area contributed by atoms with E-state index < -0.39 is 4.92 Å². The minimum atomic E-state index is -0.419. The number of benzene rings is 1. The predicted octanol–water partition coefficient (Wildman–Crippen LogP) is 2.66. The Morgan fingerprint density at radius 3 is 2.47 bits per heavy atom. The van der Waals surface area contributed by atoms with E-state index in [1.54, 1.807) is 21.6 Å². The molecule has 0 spiro atoms. The highest BCUT2D eigenvalue weighted by molar-refractivity contribution is 7.20. The Labute approximate surface area is 176 Å². The van der Waals surface area contributed by atoms with Crippen LogP contribution in [0.5, 0.6) is 0 Å². The van der Waals surface area contributed by atoms with Gasteiger partial charge in [0.25, 0.3) is 17.2 Å². The van der Waals surface area contributed by atoms with Gasteiger partial charge in [-0.2, -0.15) is 0 Å². The first-order chi connectivity index (χ1) is 14.4. The number of aryl methyl sites for hydroxylation is 2. The molecular weight excluding hydrogens is 406 g/mol. The van der Waals surface area contributed by atoms with Gasteiger partial charge in [0.05, 0.1) is 21.5 Å². The third-order valence-corrected chi connectivity index (χ3v) is 6.63. The van der Waals surface area contributed by atoms with Crippen molar-refractivity contribution < 1.29 is 9.72 Å². The molecule has 9 nitrogen and oxygen atoms in total. The molecule has 1 aromatic carbocycles. The number of aromatic nitrogens is 2. The summed E-state index contributed by atoms with van der Waals surface area (Å²) in [5.74, 6) is -0.0821. The number of piperazine rings is 1. The standard InChI is InChI=1S/C20H21N5O4S/c1-3-22-12-21-18-16(19(22)26)13(2)17(30-18)20(27)24-10-8-23(9-11-24)14-4-6-15(7-5-14)25(28)29/h4-7,12H,3,8-11H2,1-2H3. The van der Waals surface area contributed by atoms with E-state index in [9.17, 15) is 19.7 Å². The van der Waals surface area contributed by atoms with E-state index in [1.165, 1.54) is 29.8 Å². The number of hydrogen-bond acceptors (Lipinski definition) is 7. The Morgan fingerprint density at radius 1 is 1.20 bits per heavy atom. The van der Waals surface area contributed by atoms with Crippen LogP contribution in [0.15, 0.2) is 35.4 Å². The maximum Gasteiger partial charge on any atom is 0.269 e. The number of non-ortho nitro benzene ring substituents is 1. The molecule has 3 heterocycles. The summed E-state index contributed by atoms with van der Waals surface area (Å²) in [7, 11) is 0. The minimum Gasteiger partial charge on any atom is -0.368 e. The summed E-state index contributed by atoms with van der Waals surface area (Å²) in [4.78, 5) is 45.5. The van der Waals surface area contributed by atoms with Crippen molar-refractivity contribution in [2.24, 2.45) is 0 Å². The molecule has 1 aliphatic rings. The molecule has 1 fully saturated rings. The normalized spacial score (nSPS) is 14.3. The fourth-order valence-corrected chi connectivity index (χ4v) is 4.79. The highest BCUT2D eigenvalue weighted by Crippen LogP contribution is 2.29. The molecule has 0 aliphatic carbocycles. The monoisotopic (exact) mass is 427 g/mol. The Balaban J connectivity index is 1.51. The Bertz CT molecular complexity index is 1180. The van der Waals surface area contributed by atoms with Gasteiger partial charge in [-0.3, -0.25) is 24.3 Å². The van der Waals surface area contributed by atoms with Crippen molar-refractivity contribution in [3.05, 3.63) is 61.5 Å². The molecule has 4 rings (SSSR count). The number of nitrogens with zero attached hydrogens (tertiary/aromatic N) is 5. The summed E-state index contributed by atoms with van der Waals surface area (Å²) in [5, 5.41) is 11.3. The van der Waals surface area contributed by atoms with Gasteiger partial charge in [-0.15, -0.1) is 11.3 Å². The highest BCUT2D eigenvalue weighted by Gasteiger charge is 2.27. The second-order valence-corrected chi connectivity index (χ2v) is 8.12. The smallest absolute Gasteiger partial charge is 0.269 e. The lowest BCUT2D eigenvalue weighted by Gasteiger charge is -2.36. The van der Waals surface area contributed by atoms with E-state index in [1.807, 2.05) is 13.8 Å². The lowest BCUT2D eigenvalue weighted by atomic mass is 10.2. The third kappa shape index (κ3) is 3.43. The molecule has 30 heavy (non-hydrogen) atoms. The molecule has 156 valence electrons. The van der Waals surface area contributed by atoms with E-state index in [4.69, 9.17) is 0 Å². The summed E-state index contributed by atoms with van der Waals surface area (Å²) in [6.45, 7) is 6.56. The van der Waals surface area contributed by atoms with Gasteiger partial charge in [-0.25, -0.2) is 4.98 Å². The number of anilines is 1. The molecule has 0 saturated carbocycles. The minimum absolute atomic E-state index is 0.0588. The number of nitro groups is 1. The Hall–Kier alpha value is -3.27. The van der Waals surface area contributed by atoms with Gasteiger partial charge < -0.3 is 9.80 Å². The zero-order valence-electron chi connectivity index (χ0n) is 16.7. The van der Waals surface area contributed by atoms with Crippen LogP contribution in [0.3, 0.4) is 0 Å². The van der Waals surface area contributed by atoms with Gasteiger partial charge in [0.1, 0.15) is 4.83 Å². The fraction of sp³-hybridized carbons (Fsp3) is 0.350. The van der Waals surface area contributed by atoms with Crippen LogP contribution in [-0.4, -0.2) is 51.5 Å². The molecule has 0 bridgehead atoms. The number of nitro benzene ring substituents is 1. The predicted molar refractivity (Wildman–Crippen MR) is 116 cm³/mol. The van der Waals surface area contributed by atoms with E-state index >= 15 is 0 Å². The number of rotatable bonds is 4. The fourth-order valence-electron chi connectivity index (χ4n) is 3.68. The molecule has 1 saturated heterocycles. The van der Waals surface area contributed by atoms with Gasteiger partial charge in [-0.1, -0.05) is 0 Å². The average molecular weight is 427 g/mol. The van der Waals surface area contributed by atoms with Crippen molar-refractivity contribution in [1.29, 1.82) is 0 Å². The molecule has 2 aromatic heterocycles. The van der Waals surface area contributed by atoms with E-state index in [0.717, 1.165) is 5.69 Å².